The van der Waals surface area contributed by atoms with Gasteiger partial charge in [-0.05, 0) is 38.5 Å². The van der Waals surface area contributed by atoms with E-state index in [-0.39, 0.29) is 0 Å². The van der Waals surface area contributed by atoms with Crippen LogP contribution in [-0.2, 0) is 0 Å². The van der Waals surface area contributed by atoms with Gasteiger partial charge in [-0.15, -0.1) is 0 Å². The summed E-state index contributed by atoms with van der Waals surface area (Å²) in [5, 5.41) is 4.75. The Balaban J connectivity index is 1.85. The fourth-order valence-corrected chi connectivity index (χ4v) is 2.92. The third kappa shape index (κ3) is 2.66. The van der Waals surface area contributed by atoms with Crippen LogP contribution in [-0.4, -0.2) is 23.0 Å². The average Bonchev–Trinajstić information content (AvgIpc) is 3.01. The number of aliphatic imine (C=N–C) groups is 1. The molecule has 14 heavy (non-hydrogen) atoms. The minimum atomic E-state index is 0.574. The molecule has 1 aliphatic heterocycles. The van der Waals surface area contributed by atoms with E-state index in [1.54, 1.807) is 0 Å². The number of nitrogens with one attached hydrogen (secondary N) is 1. The maximum Gasteiger partial charge on any atom is 0.157 e. The normalized spacial score (nSPS) is 29.6. The van der Waals surface area contributed by atoms with Crippen molar-refractivity contribution < 1.29 is 0 Å². The van der Waals surface area contributed by atoms with Crippen LogP contribution in [0.5, 0.6) is 0 Å². The molecular weight excluding hydrogens is 192 g/mol. The molecule has 3 heteroatoms. The van der Waals surface area contributed by atoms with Gasteiger partial charge in [-0.1, -0.05) is 18.7 Å². The molecule has 1 N–H and O–H groups in total. The van der Waals surface area contributed by atoms with Gasteiger partial charge in [-0.2, -0.15) is 0 Å². The second kappa shape index (κ2) is 4.56. The molecular formula is C11H20N2S. The third-order valence-corrected chi connectivity index (χ3v) is 4.08. The standard InChI is InChI=1S/C11H20N2S/c1-3-10-6-7-14-11(13-10)12-8(2)9-4-5-9/h8-10H,3-7H2,1-2H3,(H,12,13). The van der Waals surface area contributed by atoms with E-state index in [2.05, 4.69) is 19.2 Å². The molecule has 0 radical (unpaired) electrons. The molecule has 0 bridgehead atoms. The van der Waals surface area contributed by atoms with Crippen LogP contribution >= 0.6 is 11.8 Å². The van der Waals surface area contributed by atoms with Gasteiger partial charge in [-0.3, -0.25) is 4.99 Å². The van der Waals surface area contributed by atoms with Crippen LogP contribution in [0.2, 0.25) is 0 Å². The maximum atomic E-state index is 4.72. The maximum absolute atomic E-state index is 4.72. The molecule has 2 nitrogen and oxygen atoms in total. The van der Waals surface area contributed by atoms with Crippen LogP contribution in [0.3, 0.4) is 0 Å². The summed E-state index contributed by atoms with van der Waals surface area (Å²) in [6.45, 7) is 4.52. The zero-order chi connectivity index (χ0) is 9.97. The molecule has 1 aliphatic carbocycles. The lowest BCUT2D eigenvalue weighted by atomic mass is 10.2. The molecule has 0 spiro atoms. The van der Waals surface area contributed by atoms with E-state index in [4.69, 9.17) is 4.99 Å². The van der Waals surface area contributed by atoms with Gasteiger partial charge in [0.25, 0.3) is 0 Å². The lowest BCUT2D eigenvalue weighted by Gasteiger charge is -2.22. The zero-order valence-electron chi connectivity index (χ0n) is 9.12. The second-order valence-electron chi connectivity index (χ2n) is 4.40. The van der Waals surface area contributed by atoms with Gasteiger partial charge in [-0.25, -0.2) is 0 Å². The van der Waals surface area contributed by atoms with Crippen molar-refractivity contribution >= 4 is 16.9 Å². The van der Waals surface area contributed by atoms with Crippen LogP contribution in [0.25, 0.3) is 0 Å². The molecule has 2 unspecified atom stereocenters. The van der Waals surface area contributed by atoms with E-state index >= 15 is 0 Å². The molecule has 0 aromatic rings. The fourth-order valence-electron chi connectivity index (χ4n) is 1.84. The van der Waals surface area contributed by atoms with Crippen molar-refractivity contribution in [2.45, 2.75) is 51.6 Å². The van der Waals surface area contributed by atoms with Crippen LogP contribution in [0, 0.1) is 5.92 Å². The van der Waals surface area contributed by atoms with Crippen LogP contribution in [0.1, 0.15) is 39.5 Å². The highest BCUT2D eigenvalue weighted by Crippen LogP contribution is 2.33. The summed E-state index contributed by atoms with van der Waals surface area (Å²) in [6, 6.07) is 1.21. The number of nitrogens with zero attached hydrogens (tertiary/aromatic N) is 1. The summed E-state index contributed by atoms with van der Waals surface area (Å²) < 4.78 is 0. The first-order valence-electron chi connectivity index (χ1n) is 5.76. The molecule has 2 rings (SSSR count). The number of thioether (sulfide) groups is 1. The Kier molecular flexibility index (Phi) is 3.37. The predicted molar refractivity (Wildman–Crippen MR) is 63.9 cm³/mol. The van der Waals surface area contributed by atoms with Crippen LogP contribution < -0.4 is 5.32 Å². The van der Waals surface area contributed by atoms with Crippen molar-refractivity contribution in [3.05, 3.63) is 0 Å². The van der Waals surface area contributed by atoms with E-state index in [0.717, 1.165) is 5.92 Å². The quantitative estimate of drug-likeness (QED) is 0.778. The molecule has 0 saturated heterocycles. The summed E-state index contributed by atoms with van der Waals surface area (Å²) >= 11 is 1.89. The lowest BCUT2D eigenvalue weighted by Crippen LogP contribution is -2.35. The molecule has 2 aliphatic rings. The van der Waals surface area contributed by atoms with E-state index in [0.29, 0.717) is 12.1 Å². The first-order valence-corrected chi connectivity index (χ1v) is 6.75. The van der Waals surface area contributed by atoms with Crippen LogP contribution in [0.15, 0.2) is 4.99 Å². The third-order valence-electron chi connectivity index (χ3n) is 3.14. The smallest absolute Gasteiger partial charge is 0.157 e. The fraction of sp³-hybridized carbons (Fsp3) is 0.909. The monoisotopic (exact) mass is 212 g/mol. The summed E-state index contributed by atoms with van der Waals surface area (Å²) in [5.74, 6) is 2.15. The van der Waals surface area contributed by atoms with E-state index in [9.17, 15) is 0 Å². The Hall–Kier alpha value is -0.180. The van der Waals surface area contributed by atoms with Gasteiger partial charge in [0.2, 0.25) is 0 Å². The molecule has 0 amide bonds. The van der Waals surface area contributed by atoms with Crippen molar-refractivity contribution in [1.82, 2.24) is 5.32 Å². The molecule has 2 atom stereocenters. The van der Waals surface area contributed by atoms with Crippen molar-refractivity contribution in [3.63, 3.8) is 0 Å². The van der Waals surface area contributed by atoms with Gasteiger partial charge >= 0.3 is 0 Å². The Labute approximate surface area is 90.9 Å². The predicted octanol–water partition coefficient (Wildman–Crippen LogP) is 2.65. The molecule has 1 heterocycles. The SMILES string of the molecule is CCC1CCSC(NC(C)C2CC2)=N1. The Morgan fingerprint density at radius 2 is 2.29 bits per heavy atom. The minimum absolute atomic E-state index is 0.574. The van der Waals surface area contributed by atoms with Gasteiger partial charge in [0.1, 0.15) is 0 Å². The summed E-state index contributed by atoms with van der Waals surface area (Å²) in [4.78, 5) is 4.72. The molecule has 80 valence electrons. The highest BCUT2D eigenvalue weighted by atomic mass is 32.2. The number of hydrogen-bond donors (Lipinski definition) is 1. The number of hydrogen-bond acceptors (Lipinski definition) is 3. The molecule has 1 fully saturated rings. The van der Waals surface area contributed by atoms with E-state index in [1.807, 2.05) is 11.8 Å². The highest BCUT2D eigenvalue weighted by Gasteiger charge is 2.29. The van der Waals surface area contributed by atoms with Gasteiger partial charge in [0, 0.05) is 11.8 Å². The lowest BCUT2D eigenvalue weighted by molar-refractivity contribution is 0.577. The first-order chi connectivity index (χ1) is 6.79. The molecule has 1 saturated carbocycles. The van der Waals surface area contributed by atoms with Crippen molar-refractivity contribution in [2.75, 3.05) is 5.75 Å². The van der Waals surface area contributed by atoms with Crippen LogP contribution in [0.4, 0.5) is 0 Å². The number of rotatable bonds is 3. The Bertz CT molecular complexity index is 223. The van der Waals surface area contributed by atoms with Gasteiger partial charge in [0.05, 0.1) is 6.04 Å². The summed E-state index contributed by atoms with van der Waals surface area (Å²) in [7, 11) is 0. The minimum Gasteiger partial charge on any atom is -0.362 e. The largest absolute Gasteiger partial charge is 0.362 e. The van der Waals surface area contributed by atoms with E-state index in [1.165, 1.54) is 36.6 Å². The van der Waals surface area contributed by atoms with E-state index < -0.39 is 0 Å². The summed E-state index contributed by atoms with van der Waals surface area (Å²) in [5.41, 5.74) is 0. The van der Waals surface area contributed by atoms with Crippen molar-refractivity contribution in [2.24, 2.45) is 10.9 Å². The highest BCUT2D eigenvalue weighted by molar-refractivity contribution is 8.13. The average molecular weight is 212 g/mol. The topological polar surface area (TPSA) is 24.4 Å². The Morgan fingerprint density at radius 1 is 1.50 bits per heavy atom. The zero-order valence-corrected chi connectivity index (χ0v) is 9.94. The molecule has 0 aromatic carbocycles. The second-order valence-corrected chi connectivity index (χ2v) is 5.49. The summed E-state index contributed by atoms with van der Waals surface area (Å²) in [6.07, 6.45) is 5.25. The Morgan fingerprint density at radius 3 is 2.93 bits per heavy atom. The first kappa shape index (κ1) is 10.3. The van der Waals surface area contributed by atoms with Crippen molar-refractivity contribution in [3.8, 4) is 0 Å². The van der Waals surface area contributed by atoms with Gasteiger partial charge < -0.3 is 5.32 Å². The molecule has 0 aromatic heterocycles. The van der Waals surface area contributed by atoms with Gasteiger partial charge in [0.15, 0.2) is 5.17 Å². The number of amidine groups is 1. The van der Waals surface area contributed by atoms with Crippen molar-refractivity contribution in [1.29, 1.82) is 0 Å².